The second-order valence-corrected chi connectivity index (χ2v) is 8.15. The van der Waals surface area contributed by atoms with Gasteiger partial charge >= 0.3 is 5.97 Å². The van der Waals surface area contributed by atoms with Gasteiger partial charge in [-0.05, 0) is 63.9 Å². The summed E-state index contributed by atoms with van der Waals surface area (Å²) in [7, 11) is 0. The second kappa shape index (κ2) is 9.81. The van der Waals surface area contributed by atoms with Crippen LogP contribution < -0.4 is 10.2 Å². The highest BCUT2D eigenvalue weighted by Gasteiger charge is 2.27. The Morgan fingerprint density at radius 1 is 1.12 bits per heavy atom. The van der Waals surface area contributed by atoms with Gasteiger partial charge in [-0.25, -0.2) is 19.4 Å². The first kappa shape index (κ1) is 22.4. The van der Waals surface area contributed by atoms with Crippen LogP contribution in [0.1, 0.15) is 41.5 Å². The van der Waals surface area contributed by atoms with Gasteiger partial charge in [0.2, 0.25) is 5.91 Å². The third kappa shape index (κ3) is 5.19. The third-order valence-electron chi connectivity index (χ3n) is 5.64. The molecule has 0 bridgehead atoms. The first-order valence-corrected chi connectivity index (χ1v) is 11.1. The number of hydrogen-bond acceptors (Lipinski definition) is 7. The smallest absolute Gasteiger partial charge is 0.338 e. The van der Waals surface area contributed by atoms with E-state index in [1.807, 2.05) is 26.0 Å². The molecule has 1 aliphatic rings. The predicted octanol–water partition coefficient (Wildman–Crippen LogP) is 3.31. The molecule has 1 aliphatic heterocycles. The summed E-state index contributed by atoms with van der Waals surface area (Å²) in [4.78, 5) is 35.7. The number of nitrogens with one attached hydrogen (secondary N) is 1. The largest absolute Gasteiger partial charge is 0.462 e. The highest BCUT2D eigenvalue weighted by Crippen LogP contribution is 2.24. The Morgan fingerprint density at radius 3 is 2.58 bits per heavy atom. The Hall–Kier alpha value is -3.75. The predicted molar refractivity (Wildman–Crippen MR) is 125 cm³/mol. The fourth-order valence-corrected chi connectivity index (χ4v) is 4.03. The van der Waals surface area contributed by atoms with Crippen molar-refractivity contribution in [1.82, 2.24) is 19.7 Å². The summed E-state index contributed by atoms with van der Waals surface area (Å²) in [5.41, 5.74) is 3.04. The fourth-order valence-electron chi connectivity index (χ4n) is 4.03. The molecule has 0 saturated carbocycles. The highest BCUT2D eigenvalue weighted by atomic mass is 16.5. The van der Waals surface area contributed by atoms with Gasteiger partial charge in [-0.2, -0.15) is 5.10 Å². The maximum absolute atomic E-state index is 12.9. The van der Waals surface area contributed by atoms with Crippen LogP contribution in [0.4, 0.5) is 11.5 Å². The SMILES string of the molecule is CCOC(=O)c1ccc(NC(=O)C2CCCN(c3cc(-n4nc(C)cc4C)ncn3)C2)cc1. The fraction of sp³-hybridized carbons (Fsp3) is 0.375. The minimum Gasteiger partial charge on any atom is -0.462 e. The first-order valence-electron chi connectivity index (χ1n) is 11.1. The number of aromatic nitrogens is 4. The number of rotatable bonds is 6. The number of esters is 1. The maximum Gasteiger partial charge on any atom is 0.338 e. The van der Waals surface area contributed by atoms with Crippen LogP contribution in [0.15, 0.2) is 42.7 Å². The zero-order valence-corrected chi connectivity index (χ0v) is 19.1. The van der Waals surface area contributed by atoms with Crippen LogP contribution in [0.2, 0.25) is 0 Å². The molecule has 9 heteroatoms. The summed E-state index contributed by atoms with van der Waals surface area (Å²) >= 11 is 0. The van der Waals surface area contributed by atoms with Crippen molar-refractivity contribution in [2.45, 2.75) is 33.6 Å². The number of ether oxygens (including phenoxy) is 1. The van der Waals surface area contributed by atoms with Gasteiger partial charge in [0.15, 0.2) is 5.82 Å². The van der Waals surface area contributed by atoms with E-state index in [1.54, 1.807) is 35.9 Å². The van der Waals surface area contributed by atoms with Crippen LogP contribution in [-0.2, 0) is 9.53 Å². The van der Waals surface area contributed by atoms with Gasteiger partial charge < -0.3 is 15.0 Å². The van der Waals surface area contributed by atoms with Crippen molar-refractivity contribution in [1.29, 1.82) is 0 Å². The van der Waals surface area contributed by atoms with E-state index in [0.29, 0.717) is 30.2 Å². The minimum absolute atomic E-state index is 0.0450. The second-order valence-electron chi connectivity index (χ2n) is 8.15. The number of carbonyl (C=O) groups is 2. The van der Waals surface area contributed by atoms with Crippen molar-refractivity contribution in [3.8, 4) is 5.82 Å². The lowest BCUT2D eigenvalue weighted by molar-refractivity contribution is -0.120. The molecule has 1 saturated heterocycles. The van der Waals surface area contributed by atoms with E-state index in [4.69, 9.17) is 4.74 Å². The zero-order chi connectivity index (χ0) is 23.4. The maximum atomic E-state index is 12.9. The van der Waals surface area contributed by atoms with E-state index in [2.05, 4.69) is 25.3 Å². The standard InChI is InChI=1S/C24H28N6O3/c1-4-33-24(32)18-7-9-20(10-8-18)27-23(31)19-6-5-11-29(14-19)21-13-22(26-15-25-21)30-17(3)12-16(2)28-30/h7-10,12-13,15,19H,4-6,11,14H2,1-3H3,(H,27,31). The van der Waals surface area contributed by atoms with E-state index in [1.165, 1.54) is 6.33 Å². The van der Waals surface area contributed by atoms with Crippen LogP contribution >= 0.6 is 0 Å². The van der Waals surface area contributed by atoms with Gasteiger partial charge in [-0.3, -0.25) is 4.79 Å². The zero-order valence-electron chi connectivity index (χ0n) is 19.1. The summed E-state index contributed by atoms with van der Waals surface area (Å²) in [5, 5.41) is 7.46. The molecule has 9 nitrogen and oxygen atoms in total. The molecule has 0 radical (unpaired) electrons. The Kier molecular flexibility index (Phi) is 6.67. The normalized spacial score (nSPS) is 15.8. The molecule has 1 fully saturated rings. The molecule has 0 aliphatic carbocycles. The summed E-state index contributed by atoms with van der Waals surface area (Å²) < 4.78 is 6.79. The van der Waals surface area contributed by atoms with Crippen LogP contribution in [0.25, 0.3) is 5.82 Å². The van der Waals surface area contributed by atoms with E-state index in [-0.39, 0.29) is 17.8 Å². The lowest BCUT2D eigenvalue weighted by Gasteiger charge is -2.33. The van der Waals surface area contributed by atoms with Gasteiger partial charge in [0.25, 0.3) is 0 Å². The number of anilines is 2. The lowest BCUT2D eigenvalue weighted by atomic mass is 9.97. The molecule has 1 N–H and O–H groups in total. The monoisotopic (exact) mass is 448 g/mol. The number of piperidine rings is 1. The quantitative estimate of drug-likeness (QED) is 0.577. The molecular formula is C24H28N6O3. The average molecular weight is 449 g/mol. The molecule has 3 aromatic rings. The van der Waals surface area contributed by atoms with E-state index < -0.39 is 0 Å². The first-order chi connectivity index (χ1) is 15.9. The Morgan fingerprint density at radius 2 is 1.88 bits per heavy atom. The Labute approximate surface area is 192 Å². The van der Waals surface area contributed by atoms with Gasteiger partial charge in [0, 0.05) is 30.5 Å². The molecule has 3 heterocycles. The van der Waals surface area contributed by atoms with Crippen LogP contribution in [0, 0.1) is 19.8 Å². The molecular weight excluding hydrogens is 420 g/mol. The molecule has 33 heavy (non-hydrogen) atoms. The summed E-state index contributed by atoms with van der Waals surface area (Å²) in [6.45, 7) is 7.42. The third-order valence-corrected chi connectivity index (χ3v) is 5.64. The summed E-state index contributed by atoms with van der Waals surface area (Å²) in [6, 6.07) is 10.7. The molecule has 2 aromatic heterocycles. The van der Waals surface area contributed by atoms with E-state index in [0.717, 1.165) is 36.6 Å². The van der Waals surface area contributed by atoms with Crippen LogP contribution in [-0.4, -0.2) is 51.3 Å². The number of amides is 1. The number of nitrogens with zero attached hydrogens (tertiary/aromatic N) is 5. The molecule has 1 atom stereocenters. The topological polar surface area (TPSA) is 102 Å². The Balaban J connectivity index is 1.42. The lowest BCUT2D eigenvalue weighted by Crippen LogP contribution is -2.41. The van der Waals surface area contributed by atoms with Gasteiger partial charge in [-0.1, -0.05) is 0 Å². The van der Waals surface area contributed by atoms with Crippen molar-refractivity contribution in [3.05, 3.63) is 59.7 Å². The number of carbonyl (C=O) groups excluding carboxylic acids is 2. The highest BCUT2D eigenvalue weighted by molar-refractivity contribution is 5.94. The summed E-state index contributed by atoms with van der Waals surface area (Å²) in [5.74, 6) is 0.901. The van der Waals surface area contributed by atoms with Crippen LogP contribution in [0.5, 0.6) is 0 Å². The molecule has 4 rings (SSSR count). The number of hydrogen-bond donors (Lipinski definition) is 1. The van der Waals surface area contributed by atoms with Crippen molar-refractivity contribution < 1.29 is 14.3 Å². The van der Waals surface area contributed by atoms with Crippen molar-refractivity contribution in [3.63, 3.8) is 0 Å². The van der Waals surface area contributed by atoms with Crippen molar-refractivity contribution >= 4 is 23.4 Å². The average Bonchev–Trinajstić information content (AvgIpc) is 3.17. The minimum atomic E-state index is -0.372. The molecule has 1 unspecified atom stereocenters. The molecule has 1 amide bonds. The van der Waals surface area contributed by atoms with Crippen LogP contribution in [0.3, 0.4) is 0 Å². The molecule has 172 valence electrons. The molecule has 0 spiro atoms. The van der Waals surface area contributed by atoms with Gasteiger partial charge in [-0.15, -0.1) is 0 Å². The van der Waals surface area contributed by atoms with Crippen molar-refractivity contribution in [2.24, 2.45) is 5.92 Å². The van der Waals surface area contributed by atoms with E-state index in [9.17, 15) is 9.59 Å². The van der Waals surface area contributed by atoms with Gasteiger partial charge in [0.1, 0.15) is 12.1 Å². The van der Waals surface area contributed by atoms with E-state index >= 15 is 0 Å². The summed E-state index contributed by atoms with van der Waals surface area (Å²) in [6.07, 6.45) is 3.23. The molecule has 1 aromatic carbocycles. The van der Waals surface area contributed by atoms with Crippen molar-refractivity contribution in [2.75, 3.05) is 29.9 Å². The number of benzene rings is 1. The number of aryl methyl sites for hydroxylation is 2. The Bertz CT molecular complexity index is 1140. The van der Waals surface area contributed by atoms with Gasteiger partial charge in [0.05, 0.1) is 23.8 Å².